The fourth-order valence-corrected chi connectivity index (χ4v) is 2.70. The molecule has 0 fully saturated rings. The molecule has 0 aliphatic carbocycles. The van der Waals surface area contributed by atoms with Crippen LogP contribution in [0.1, 0.15) is 21.5 Å². The highest BCUT2D eigenvalue weighted by Gasteiger charge is 2.34. The van der Waals surface area contributed by atoms with E-state index in [9.17, 15) is 22.8 Å². The number of alkyl halides is 3. The first-order chi connectivity index (χ1) is 13.6. The van der Waals surface area contributed by atoms with E-state index in [1.54, 1.807) is 6.92 Å². The first-order valence-corrected chi connectivity index (χ1v) is 8.51. The number of rotatable bonds is 6. The molecule has 0 aromatic heterocycles. The van der Waals surface area contributed by atoms with Gasteiger partial charge in [-0.15, -0.1) is 0 Å². The van der Waals surface area contributed by atoms with E-state index in [2.05, 4.69) is 0 Å². The van der Waals surface area contributed by atoms with Crippen LogP contribution in [0.3, 0.4) is 0 Å². The van der Waals surface area contributed by atoms with Crippen LogP contribution in [0.15, 0.2) is 30.3 Å². The molecule has 0 unspecified atom stereocenters. The van der Waals surface area contributed by atoms with Crippen molar-refractivity contribution in [1.82, 2.24) is 0 Å². The van der Waals surface area contributed by atoms with Crippen molar-refractivity contribution in [2.24, 2.45) is 0 Å². The van der Waals surface area contributed by atoms with Crippen LogP contribution < -0.4 is 14.8 Å². The summed E-state index contributed by atoms with van der Waals surface area (Å²) in [5.74, 6) is -1.13. The van der Waals surface area contributed by atoms with Crippen molar-refractivity contribution < 1.29 is 37.0 Å². The Hall–Kier alpha value is -2.94. The molecule has 0 aliphatic heterocycles. The highest BCUT2D eigenvalue weighted by molar-refractivity contribution is 6.34. The van der Waals surface area contributed by atoms with E-state index in [-0.39, 0.29) is 10.6 Å². The van der Waals surface area contributed by atoms with Crippen LogP contribution in [0.4, 0.5) is 18.9 Å². The summed E-state index contributed by atoms with van der Waals surface area (Å²) in [7, 11) is 2.82. The van der Waals surface area contributed by atoms with Gasteiger partial charge in [-0.05, 0) is 31.2 Å². The van der Waals surface area contributed by atoms with Gasteiger partial charge in [0, 0.05) is 5.56 Å². The van der Waals surface area contributed by atoms with E-state index >= 15 is 0 Å². The van der Waals surface area contributed by atoms with Crippen LogP contribution in [-0.2, 0) is 15.7 Å². The molecule has 1 amide bonds. The molecule has 6 nitrogen and oxygen atoms in total. The summed E-state index contributed by atoms with van der Waals surface area (Å²) in [4.78, 5) is 24.2. The minimum atomic E-state index is -4.72. The Balaban J connectivity index is 2.12. The van der Waals surface area contributed by atoms with Gasteiger partial charge in [0.15, 0.2) is 6.61 Å². The fourth-order valence-electron chi connectivity index (χ4n) is 2.48. The molecule has 0 atom stereocenters. The SMILES string of the molecule is COc1cc(C(=O)OCC(=O)Nc2c(Cl)cccc2C(F)(F)F)cc(OC)c1C. The van der Waals surface area contributed by atoms with Crippen molar-refractivity contribution in [3.05, 3.63) is 52.0 Å². The second-order valence-electron chi connectivity index (χ2n) is 5.79. The Kier molecular flexibility index (Phi) is 6.97. The summed E-state index contributed by atoms with van der Waals surface area (Å²) in [5, 5.41) is 1.73. The molecule has 0 aliphatic rings. The lowest BCUT2D eigenvalue weighted by atomic mass is 10.1. The van der Waals surface area contributed by atoms with Gasteiger partial charge in [0.2, 0.25) is 0 Å². The van der Waals surface area contributed by atoms with Crippen LogP contribution in [0.2, 0.25) is 5.02 Å². The minimum Gasteiger partial charge on any atom is -0.496 e. The van der Waals surface area contributed by atoms with E-state index < -0.39 is 35.9 Å². The maximum absolute atomic E-state index is 13.1. The zero-order valence-corrected chi connectivity index (χ0v) is 16.4. The molecule has 0 heterocycles. The molecule has 2 rings (SSSR count). The number of ether oxygens (including phenoxy) is 3. The number of nitrogens with one attached hydrogen (secondary N) is 1. The lowest BCUT2D eigenvalue weighted by Crippen LogP contribution is -2.23. The number of hydrogen-bond donors (Lipinski definition) is 1. The Labute approximate surface area is 169 Å². The van der Waals surface area contributed by atoms with Crippen LogP contribution in [-0.4, -0.2) is 32.7 Å². The number of benzene rings is 2. The number of amides is 1. The summed E-state index contributed by atoms with van der Waals surface area (Å²) in [5.41, 5.74) is -1.02. The maximum atomic E-state index is 13.1. The minimum absolute atomic E-state index is 0.0471. The lowest BCUT2D eigenvalue weighted by Gasteiger charge is -2.15. The average molecular weight is 432 g/mol. The third-order valence-electron chi connectivity index (χ3n) is 3.91. The maximum Gasteiger partial charge on any atom is 0.418 e. The highest BCUT2D eigenvalue weighted by Crippen LogP contribution is 2.38. The predicted molar refractivity (Wildman–Crippen MR) is 99.6 cm³/mol. The number of carbonyl (C=O) groups excluding carboxylic acids is 2. The molecule has 2 aromatic rings. The molecule has 1 N–H and O–H groups in total. The summed E-state index contributed by atoms with van der Waals surface area (Å²) in [6, 6.07) is 5.88. The molecule has 0 saturated carbocycles. The molecule has 29 heavy (non-hydrogen) atoms. The van der Waals surface area contributed by atoms with Gasteiger partial charge in [-0.3, -0.25) is 4.79 Å². The van der Waals surface area contributed by atoms with E-state index in [1.807, 2.05) is 5.32 Å². The number of para-hydroxylation sites is 1. The first kappa shape index (κ1) is 22.4. The van der Waals surface area contributed by atoms with Crippen LogP contribution in [0.25, 0.3) is 0 Å². The van der Waals surface area contributed by atoms with E-state index in [0.29, 0.717) is 17.1 Å². The zero-order chi connectivity index (χ0) is 21.8. The Bertz CT molecular complexity index is 906. The monoisotopic (exact) mass is 431 g/mol. The van der Waals surface area contributed by atoms with Crippen molar-refractivity contribution in [3.63, 3.8) is 0 Å². The van der Waals surface area contributed by atoms with Crippen molar-refractivity contribution in [2.75, 3.05) is 26.1 Å². The average Bonchev–Trinajstić information content (AvgIpc) is 2.67. The summed E-state index contributed by atoms with van der Waals surface area (Å²) >= 11 is 5.77. The molecule has 0 bridgehead atoms. The van der Waals surface area contributed by atoms with Crippen LogP contribution in [0.5, 0.6) is 11.5 Å². The summed E-state index contributed by atoms with van der Waals surface area (Å²) in [6.07, 6.45) is -4.72. The molecular formula is C19H17ClF3NO5. The molecule has 0 radical (unpaired) electrons. The number of methoxy groups -OCH3 is 2. The molecule has 0 spiro atoms. The van der Waals surface area contributed by atoms with Gasteiger partial charge in [0.05, 0.1) is 36.1 Å². The van der Waals surface area contributed by atoms with Crippen molar-refractivity contribution in [1.29, 1.82) is 0 Å². The normalized spacial score (nSPS) is 11.0. The van der Waals surface area contributed by atoms with Gasteiger partial charge >= 0.3 is 12.1 Å². The smallest absolute Gasteiger partial charge is 0.418 e. The number of anilines is 1. The van der Waals surface area contributed by atoms with E-state index in [1.165, 1.54) is 32.4 Å². The van der Waals surface area contributed by atoms with Gasteiger partial charge in [0.25, 0.3) is 5.91 Å². The molecular weight excluding hydrogens is 415 g/mol. The van der Waals surface area contributed by atoms with Gasteiger partial charge in [0.1, 0.15) is 11.5 Å². The second-order valence-corrected chi connectivity index (χ2v) is 6.20. The topological polar surface area (TPSA) is 73.9 Å². The van der Waals surface area contributed by atoms with Crippen molar-refractivity contribution >= 4 is 29.2 Å². The molecule has 10 heteroatoms. The number of halogens is 4. The highest BCUT2D eigenvalue weighted by atomic mass is 35.5. The van der Waals surface area contributed by atoms with Gasteiger partial charge in [-0.2, -0.15) is 13.2 Å². The summed E-state index contributed by atoms with van der Waals surface area (Å²) < 4.78 is 54.4. The molecule has 0 saturated heterocycles. The zero-order valence-electron chi connectivity index (χ0n) is 15.6. The second kappa shape index (κ2) is 9.04. The van der Waals surface area contributed by atoms with E-state index in [0.717, 1.165) is 12.1 Å². The summed E-state index contributed by atoms with van der Waals surface area (Å²) in [6.45, 7) is 0.905. The van der Waals surface area contributed by atoms with E-state index in [4.69, 9.17) is 25.8 Å². The Morgan fingerprint density at radius 2 is 1.69 bits per heavy atom. The third-order valence-corrected chi connectivity index (χ3v) is 4.22. The molecule has 2 aromatic carbocycles. The largest absolute Gasteiger partial charge is 0.496 e. The van der Waals surface area contributed by atoms with Gasteiger partial charge in [-0.25, -0.2) is 4.79 Å². The Morgan fingerprint density at radius 1 is 1.10 bits per heavy atom. The van der Waals surface area contributed by atoms with Crippen molar-refractivity contribution in [3.8, 4) is 11.5 Å². The van der Waals surface area contributed by atoms with Crippen LogP contribution >= 0.6 is 11.6 Å². The van der Waals surface area contributed by atoms with Gasteiger partial charge in [-0.1, -0.05) is 17.7 Å². The van der Waals surface area contributed by atoms with Gasteiger partial charge < -0.3 is 19.5 Å². The third kappa shape index (κ3) is 5.32. The number of carbonyl (C=O) groups is 2. The molecule has 156 valence electrons. The quantitative estimate of drug-likeness (QED) is 0.683. The van der Waals surface area contributed by atoms with Crippen molar-refractivity contribution in [2.45, 2.75) is 13.1 Å². The number of hydrogen-bond acceptors (Lipinski definition) is 5. The first-order valence-electron chi connectivity index (χ1n) is 8.13. The standard InChI is InChI=1S/C19H17ClF3NO5/c1-10-14(27-2)7-11(8-15(10)28-3)18(26)29-9-16(25)24-17-12(19(21,22)23)5-4-6-13(17)20/h4-8H,9H2,1-3H3,(H,24,25). The van der Waals surface area contributed by atoms with Crippen LogP contribution in [0, 0.1) is 6.92 Å². The Morgan fingerprint density at radius 3 is 2.21 bits per heavy atom. The number of esters is 1. The lowest BCUT2D eigenvalue weighted by molar-refractivity contribution is -0.137. The predicted octanol–water partition coefficient (Wildman–Crippen LogP) is 4.48. The fraction of sp³-hybridized carbons (Fsp3) is 0.263.